The summed E-state index contributed by atoms with van der Waals surface area (Å²) in [6, 6.07) is 11.3. The van der Waals surface area contributed by atoms with E-state index in [1.54, 1.807) is 24.3 Å². The van der Waals surface area contributed by atoms with Crippen LogP contribution >= 0.6 is 15.9 Å². The Kier molecular flexibility index (Phi) is 8.67. The summed E-state index contributed by atoms with van der Waals surface area (Å²) >= 11 is 3.35. The zero-order chi connectivity index (χ0) is 22.1. The van der Waals surface area contributed by atoms with Gasteiger partial charge in [-0.1, -0.05) is 28.1 Å². The third kappa shape index (κ3) is 6.48. The fraction of sp³-hybridized carbons (Fsp3) is 0.286. The van der Waals surface area contributed by atoms with Gasteiger partial charge in [-0.05, 0) is 35.9 Å². The number of methoxy groups -OCH3 is 3. The third-order valence-electron chi connectivity index (χ3n) is 4.26. The molecule has 9 heteroatoms. The molecule has 0 saturated carbocycles. The fourth-order valence-corrected chi connectivity index (χ4v) is 2.95. The number of carbonyl (C=O) groups is 3. The summed E-state index contributed by atoms with van der Waals surface area (Å²) in [5, 5.41) is 5.30. The van der Waals surface area contributed by atoms with Crippen molar-refractivity contribution in [3.05, 3.63) is 58.1 Å². The van der Waals surface area contributed by atoms with E-state index in [2.05, 4.69) is 26.6 Å². The molecular formula is C21H23BrN2O6. The summed E-state index contributed by atoms with van der Waals surface area (Å²) in [6.45, 7) is -0.263. The summed E-state index contributed by atoms with van der Waals surface area (Å²) in [5.41, 5.74) is 1.06. The molecule has 1 unspecified atom stereocenters. The highest BCUT2D eigenvalue weighted by Gasteiger charge is 2.20. The van der Waals surface area contributed by atoms with Crippen LogP contribution in [0.2, 0.25) is 0 Å². The number of nitrogens with one attached hydrogen (secondary N) is 2. The average molecular weight is 479 g/mol. The van der Waals surface area contributed by atoms with Crippen LogP contribution in [0.5, 0.6) is 11.5 Å². The molecular weight excluding hydrogens is 456 g/mol. The van der Waals surface area contributed by atoms with Crippen LogP contribution in [-0.2, 0) is 14.3 Å². The number of amides is 2. The average Bonchev–Trinajstić information content (AvgIpc) is 2.76. The summed E-state index contributed by atoms with van der Waals surface area (Å²) in [5.74, 6) is -0.451. The molecule has 8 nitrogen and oxygen atoms in total. The molecule has 1 atom stereocenters. The molecule has 0 aromatic heterocycles. The SMILES string of the molecule is COC(=O)CC(NC(=O)CNC(=O)c1ccc(OC)c(OC)c1)c1ccc(Br)cc1. The molecule has 0 aliphatic carbocycles. The van der Waals surface area contributed by atoms with E-state index >= 15 is 0 Å². The van der Waals surface area contributed by atoms with Gasteiger partial charge in [-0.15, -0.1) is 0 Å². The van der Waals surface area contributed by atoms with Gasteiger partial charge in [-0.2, -0.15) is 0 Å². The normalized spacial score (nSPS) is 11.2. The second-order valence-corrected chi connectivity index (χ2v) is 7.12. The zero-order valence-corrected chi connectivity index (χ0v) is 18.4. The van der Waals surface area contributed by atoms with Crippen molar-refractivity contribution < 1.29 is 28.6 Å². The van der Waals surface area contributed by atoms with E-state index in [4.69, 9.17) is 14.2 Å². The van der Waals surface area contributed by atoms with Crippen molar-refractivity contribution in [2.45, 2.75) is 12.5 Å². The van der Waals surface area contributed by atoms with Crippen molar-refractivity contribution in [3.63, 3.8) is 0 Å². The molecule has 2 N–H and O–H groups in total. The lowest BCUT2D eigenvalue weighted by molar-refractivity contribution is -0.141. The standard InChI is InChI=1S/C21H23BrN2O6/c1-28-17-9-6-14(10-18(17)29-2)21(27)23-12-19(25)24-16(11-20(26)30-3)13-4-7-15(22)8-5-13/h4-10,16H,11-12H2,1-3H3,(H,23,27)(H,24,25). The number of hydrogen-bond donors (Lipinski definition) is 2. The molecule has 0 saturated heterocycles. The molecule has 2 aromatic carbocycles. The largest absolute Gasteiger partial charge is 0.493 e. The highest BCUT2D eigenvalue weighted by Crippen LogP contribution is 2.27. The third-order valence-corrected chi connectivity index (χ3v) is 4.79. The van der Waals surface area contributed by atoms with Gasteiger partial charge in [0.15, 0.2) is 11.5 Å². The molecule has 0 radical (unpaired) electrons. The molecule has 0 heterocycles. The Morgan fingerprint density at radius 3 is 2.23 bits per heavy atom. The second-order valence-electron chi connectivity index (χ2n) is 6.20. The highest BCUT2D eigenvalue weighted by atomic mass is 79.9. The van der Waals surface area contributed by atoms with Gasteiger partial charge in [0.05, 0.1) is 40.3 Å². The maximum absolute atomic E-state index is 12.4. The van der Waals surface area contributed by atoms with Crippen LogP contribution in [-0.4, -0.2) is 45.7 Å². The Balaban J connectivity index is 2.01. The van der Waals surface area contributed by atoms with Crippen molar-refractivity contribution in [1.29, 1.82) is 0 Å². The quantitative estimate of drug-likeness (QED) is 0.537. The van der Waals surface area contributed by atoms with E-state index in [-0.39, 0.29) is 13.0 Å². The number of benzene rings is 2. The number of ether oxygens (including phenoxy) is 3. The first-order valence-corrected chi connectivity index (χ1v) is 9.79. The van der Waals surface area contributed by atoms with Gasteiger partial charge in [0.1, 0.15) is 0 Å². The Morgan fingerprint density at radius 2 is 1.63 bits per heavy atom. The maximum atomic E-state index is 12.4. The number of halogens is 1. The molecule has 0 spiro atoms. The van der Waals surface area contributed by atoms with Crippen molar-refractivity contribution >= 4 is 33.7 Å². The van der Waals surface area contributed by atoms with Crippen LogP contribution < -0.4 is 20.1 Å². The number of esters is 1. The minimum atomic E-state index is -0.587. The number of rotatable bonds is 9. The molecule has 2 amide bonds. The van der Waals surface area contributed by atoms with Gasteiger partial charge in [0.2, 0.25) is 5.91 Å². The first-order valence-electron chi connectivity index (χ1n) is 8.99. The molecule has 0 bridgehead atoms. The number of carbonyl (C=O) groups excluding carboxylic acids is 3. The van der Waals surface area contributed by atoms with Crippen molar-refractivity contribution in [2.24, 2.45) is 0 Å². The molecule has 2 rings (SSSR count). The van der Waals surface area contributed by atoms with Crippen molar-refractivity contribution in [3.8, 4) is 11.5 Å². The zero-order valence-electron chi connectivity index (χ0n) is 16.9. The first kappa shape index (κ1) is 23.2. The van der Waals surface area contributed by atoms with E-state index < -0.39 is 23.8 Å². The highest BCUT2D eigenvalue weighted by molar-refractivity contribution is 9.10. The van der Waals surface area contributed by atoms with E-state index in [9.17, 15) is 14.4 Å². The Morgan fingerprint density at radius 1 is 0.967 bits per heavy atom. The lowest BCUT2D eigenvalue weighted by atomic mass is 10.0. The van der Waals surface area contributed by atoms with Gasteiger partial charge in [0.25, 0.3) is 5.91 Å². The Labute approximate surface area is 183 Å². The Bertz CT molecular complexity index is 901. The van der Waals surface area contributed by atoms with Crippen LogP contribution in [0.3, 0.4) is 0 Å². The van der Waals surface area contributed by atoms with Crippen LogP contribution in [0.1, 0.15) is 28.4 Å². The first-order chi connectivity index (χ1) is 14.4. The maximum Gasteiger partial charge on any atom is 0.307 e. The van der Waals surface area contributed by atoms with Gasteiger partial charge in [-0.25, -0.2) is 0 Å². The molecule has 160 valence electrons. The topological polar surface area (TPSA) is 103 Å². The van der Waals surface area contributed by atoms with Gasteiger partial charge >= 0.3 is 5.97 Å². The van der Waals surface area contributed by atoms with E-state index in [1.165, 1.54) is 27.4 Å². The van der Waals surface area contributed by atoms with Crippen molar-refractivity contribution in [1.82, 2.24) is 10.6 Å². The summed E-state index contributed by atoms with van der Waals surface area (Å²) in [6.07, 6.45) is -0.0342. The lowest BCUT2D eigenvalue weighted by Crippen LogP contribution is -2.39. The summed E-state index contributed by atoms with van der Waals surface area (Å²) < 4.78 is 15.9. The van der Waals surface area contributed by atoms with Gasteiger partial charge in [0, 0.05) is 10.0 Å². The molecule has 0 aliphatic rings. The molecule has 30 heavy (non-hydrogen) atoms. The van der Waals surface area contributed by atoms with Crippen LogP contribution in [0.15, 0.2) is 46.9 Å². The monoisotopic (exact) mass is 478 g/mol. The molecule has 0 fully saturated rings. The van der Waals surface area contributed by atoms with Crippen LogP contribution in [0.4, 0.5) is 0 Å². The predicted molar refractivity (Wildman–Crippen MR) is 114 cm³/mol. The summed E-state index contributed by atoms with van der Waals surface area (Å²) in [4.78, 5) is 36.5. The fourth-order valence-electron chi connectivity index (χ4n) is 2.68. The molecule has 0 aliphatic heterocycles. The lowest BCUT2D eigenvalue weighted by Gasteiger charge is -2.18. The molecule has 2 aromatic rings. The van der Waals surface area contributed by atoms with Gasteiger partial charge in [-0.3, -0.25) is 14.4 Å². The second kappa shape index (κ2) is 11.2. The van der Waals surface area contributed by atoms with Crippen molar-refractivity contribution in [2.75, 3.05) is 27.9 Å². The minimum Gasteiger partial charge on any atom is -0.493 e. The van der Waals surface area contributed by atoms with Crippen LogP contribution in [0, 0.1) is 0 Å². The minimum absolute atomic E-state index is 0.0342. The van der Waals surface area contributed by atoms with E-state index in [1.807, 2.05) is 12.1 Å². The van der Waals surface area contributed by atoms with Crippen LogP contribution in [0.25, 0.3) is 0 Å². The smallest absolute Gasteiger partial charge is 0.307 e. The Hall–Kier alpha value is -3.07. The summed E-state index contributed by atoms with van der Waals surface area (Å²) in [7, 11) is 4.25. The van der Waals surface area contributed by atoms with E-state index in [0.29, 0.717) is 17.1 Å². The number of hydrogen-bond acceptors (Lipinski definition) is 6. The predicted octanol–water partition coefficient (Wildman–Crippen LogP) is 2.62. The van der Waals surface area contributed by atoms with Gasteiger partial charge < -0.3 is 24.8 Å². The van der Waals surface area contributed by atoms with E-state index in [0.717, 1.165) is 10.0 Å².